The van der Waals surface area contributed by atoms with Crippen LogP contribution in [0.1, 0.15) is 31.4 Å². The van der Waals surface area contributed by atoms with Crippen LogP contribution < -0.4 is 5.32 Å². The minimum absolute atomic E-state index is 0.160. The van der Waals surface area contributed by atoms with Gasteiger partial charge in [0.2, 0.25) is 0 Å². The average molecular weight is 306 g/mol. The van der Waals surface area contributed by atoms with E-state index < -0.39 is 10.8 Å². The number of hydrogen-bond acceptors (Lipinski definition) is 2. The Morgan fingerprint density at radius 3 is 2.67 bits per heavy atom. The van der Waals surface area contributed by atoms with E-state index in [2.05, 4.69) is 12.2 Å². The van der Waals surface area contributed by atoms with Gasteiger partial charge in [0.1, 0.15) is 0 Å². The highest BCUT2D eigenvalue weighted by Crippen LogP contribution is 2.27. The van der Waals surface area contributed by atoms with Crippen molar-refractivity contribution in [1.29, 1.82) is 0 Å². The van der Waals surface area contributed by atoms with Gasteiger partial charge in [-0.25, -0.2) is 0 Å². The molecule has 1 atom stereocenters. The maximum absolute atomic E-state index is 11.3. The molecule has 0 amide bonds. The molecule has 0 radical (unpaired) electrons. The molecule has 0 aromatic heterocycles. The van der Waals surface area contributed by atoms with Gasteiger partial charge in [0, 0.05) is 44.4 Å². The van der Waals surface area contributed by atoms with E-state index in [0.717, 1.165) is 34.9 Å². The maximum atomic E-state index is 11.3. The van der Waals surface area contributed by atoms with Gasteiger partial charge in [-0.05, 0) is 43.5 Å². The van der Waals surface area contributed by atoms with E-state index in [1.165, 1.54) is 0 Å². The van der Waals surface area contributed by atoms with Crippen LogP contribution in [0.3, 0.4) is 0 Å². The van der Waals surface area contributed by atoms with E-state index in [0.29, 0.717) is 11.1 Å². The molecule has 1 heterocycles. The van der Waals surface area contributed by atoms with Crippen LogP contribution in [-0.2, 0) is 10.8 Å². The molecule has 1 unspecified atom stereocenters. The summed E-state index contributed by atoms with van der Waals surface area (Å²) in [4.78, 5) is 0. The Labute approximate surface area is 121 Å². The fourth-order valence-corrected chi connectivity index (χ4v) is 4.01. The van der Waals surface area contributed by atoms with Crippen molar-refractivity contribution in [2.24, 2.45) is 0 Å². The van der Waals surface area contributed by atoms with E-state index >= 15 is 0 Å². The normalized spacial score (nSPS) is 25.9. The van der Waals surface area contributed by atoms with Crippen LogP contribution in [0.2, 0.25) is 10.0 Å². The van der Waals surface area contributed by atoms with E-state index in [-0.39, 0.29) is 6.04 Å². The predicted octanol–water partition coefficient (Wildman–Crippen LogP) is 3.56. The van der Waals surface area contributed by atoms with E-state index in [4.69, 9.17) is 23.2 Å². The zero-order valence-corrected chi connectivity index (χ0v) is 12.6. The van der Waals surface area contributed by atoms with Crippen LogP contribution in [-0.4, -0.2) is 21.8 Å². The second kappa shape index (κ2) is 6.38. The summed E-state index contributed by atoms with van der Waals surface area (Å²) in [6.07, 6.45) is 1.93. The first-order valence-electron chi connectivity index (χ1n) is 6.12. The Kier molecular flexibility index (Phi) is 5.07. The molecule has 5 heteroatoms. The molecule has 0 spiro atoms. The molecule has 2 nitrogen and oxygen atoms in total. The first-order chi connectivity index (χ1) is 8.56. The highest BCUT2D eigenvalue weighted by molar-refractivity contribution is 7.85. The van der Waals surface area contributed by atoms with Gasteiger partial charge < -0.3 is 5.32 Å². The SMILES string of the molecule is CC(NC1CCS(=O)CC1)c1cc(Cl)ccc1Cl. The summed E-state index contributed by atoms with van der Waals surface area (Å²) in [6, 6.07) is 6.11. The quantitative estimate of drug-likeness (QED) is 0.925. The zero-order valence-electron chi connectivity index (χ0n) is 10.3. The van der Waals surface area contributed by atoms with Gasteiger partial charge in [0.15, 0.2) is 0 Å². The number of nitrogens with one attached hydrogen (secondary N) is 1. The van der Waals surface area contributed by atoms with E-state index in [9.17, 15) is 4.21 Å². The number of hydrogen-bond donors (Lipinski definition) is 1. The van der Waals surface area contributed by atoms with Gasteiger partial charge in [-0.3, -0.25) is 4.21 Å². The summed E-state index contributed by atoms with van der Waals surface area (Å²) in [5.41, 5.74) is 1.02. The molecule has 1 aliphatic rings. The molecule has 18 heavy (non-hydrogen) atoms. The van der Waals surface area contributed by atoms with Crippen LogP contribution in [0.5, 0.6) is 0 Å². The number of rotatable bonds is 3. The van der Waals surface area contributed by atoms with Gasteiger partial charge in [0.25, 0.3) is 0 Å². The molecule has 0 aliphatic carbocycles. The number of halogens is 2. The third-order valence-electron chi connectivity index (χ3n) is 3.30. The summed E-state index contributed by atoms with van der Waals surface area (Å²) in [5.74, 6) is 1.60. The second-order valence-corrected chi connectivity index (χ2v) is 7.22. The van der Waals surface area contributed by atoms with Crippen molar-refractivity contribution in [2.75, 3.05) is 11.5 Å². The van der Waals surface area contributed by atoms with Gasteiger partial charge >= 0.3 is 0 Å². The topological polar surface area (TPSA) is 29.1 Å². The lowest BCUT2D eigenvalue weighted by Gasteiger charge is -2.27. The van der Waals surface area contributed by atoms with Gasteiger partial charge in [-0.1, -0.05) is 23.2 Å². The molecule has 1 aliphatic heterocycles. The lowest BCUT2D eigenvalue weighted by atomic mass is 10.1. The first-order valence-corrected chi connectivity index (χ1v) is 8.36. The highest BCUT2D eigenvalue weighted by atomic mass is 35.5. The Bertz CT molecular complexity index is 443. The predicted molar refractivity (Wildman–Crippen MR) is 78.9 cm³/mol. The molecule has 100 valence electrons. The summed E-state index contributed by atoms with van der Waals surface area (Å²) in [5, 5.41) is 4.98. The Morgan fingerprint density at radius 1 is 1.33 bits per heavy atom. The standard InChI is InChI=1S/C13H17Cl2NOS/c1-9(12-8-10(14)2-3-13(12)15)16-11-4-6-18(17)7-5-11/h2-3,8-9,11,16H,4-7H2,1H3. The molecule has 0 saturated carbocycles. The molecule has 1 fully saturated rings. The van der Waals surface area contributed by atoms with Gasteiger partial charge in [-0.15, -0.1) is 0 Å². The fraction of sp³-hybridized carbons (Fsp3) is 0.538. The highest BCUT2D eigenvalue weighted by Gasteiger charge is 2.20. The summed E-state index contributed by atoms with van der Waals surface area (Å²) < 4.78 is 11.3. The first kappa shape index (κ1) is 14.3. The van der Waals surface area contributed by atoms with Crippen LogP contribution in [0.15, 0.2) is 18.2 Å². The monoisotopic (exact) mass is 305 g/mol. The molecular formula is C13H17Cl2NOS. The minimum atomic E-state index is -0.615. The lowest BCUT2D eigenvalue weighted by molar-refractivity contribution is 0.427. The molecule has 2 rings (SSSR count). The van der Waals surface area contributed by atoms with E-state index in [1.807, 2.05) is 12.1 Å². The second-order valence-electron chi connectivity index (χ2n) is 4.68. The Balaban J connectivity index is 2.00. The summed E-state index contributed by atoms with van der Waals surface area (Å²) in [7, 11) is -0.615. The molecular weight excluding hydrogens is 289 g/mol. The lowest BCUT2D eigenvalue weighted by Crippen LogP contribution is -2.37. The van der Waals surface area contributed by atoms with Crippen molar-refractivity contribution in [2.45, 2.75) is 31.8 Å². The van der Waals surface area contributed by atoms with Crippen molar-refractivity contribution < 1.29 is 4.21 Å². The fourth-order valence-electron chi connectivity index (χ4n) is 2.25. The van der Waals surface area contributed by atoms with Crippen molar-refractivity contribution in [3.8, 4) is 0 Å². The van der Waals surface area contributed by atoms with Crippen LogP contribution >= 0.6 is 23.2 Å². The van der Waals surface area contributed by atoms with Crippen molar-refractivity contribution in [3.05, 3.63) is 33.8 Å². The van der Waals surface area contributed by atoms with Crippen LogP contribution in [0, 0.1) is 0 Å². The van der Waals surface area contributed by atoms with Crippen LogP contribution in [0.4, 0.5) is 0 Å². The minimum Gasteiger partial charge on any atom is -0.307 e. The molecule has 1 saturated heterocycles. The third kappa shape index (κ3) is 3.70. The third-order valence-corrected chi connectivity index (χ3v) is 5.26. The van der Waals surface area contributed by atoms with Gasteiger partial charge in [-0.2, -0.15) is 0 Å². The number of benzene rings is 1. The largest absolute Gasteiger partial charge is 0.307 e. The molecule has 0 bridgehead atoms. The Hall–Kier alpha value is -0.0900. The summed E-state index contributed by atoms with van der Waals surface area (Å²) in [6.45, 7) is 2.09. The molecule has 1 N–H and O–H groups in total. The van der Waals surface area contributed by atoms with Gasteiger partial charge in [0.05, 0.1) is 0 Å². The van der Waals surface area contributed by atoms with Crippen molar-refractivity contribution in [3.63, 3.8) is 0 Å². The van der Waals surface area contributed by atoms with Crippen molar-refractivity contribution in [1.82, 2.24) is 5.32 Å². The molecule has 1 aromatic carbocycles. The van der Waals surface area contributed by atoms with Crippen LogP contribution in [0.25, 0.3) is 0 Å². The van der Waals surface area contributed by atoms with E-state index in [1.54, 1.807) is 6.07 Å². The van der Waals surface area contributed by atoms with Crippen molar-refractivity contribution >= 4 is 34.0 Å². The maximum Gasteiger partial charge on any atom is 0.0454 e. The molecule has 1 aromatic rings. The Morgan fingerprint density at radius 2 is 2.00 bits per heavy atom. The average Bonchev–Trinajstić information content (AvgIpc) is 2.35. The summed E-state index contributed by atoms with van der Waals surface area (Å²) >= 11 is 12.2. The smallest absolute Gasteiger partial charge is 0.0454 e. The zero-order chi connectivity index (χ0) is 13.1.